The second kappa shape index (κ2) is 13.7. The summed E-state index contributed by atoms with van der Waals surface area (Å²) in [7, 11) is -15.4. The summed E-state index contributed by atoms with van der Waals surface area (Å²) in [6, 6.07) is 5.63. The Morgan fingerprint density at radius 1 is 0.667 bits per heavy atom. The summed E-state index contributed by atoms with van der Waals surface area (Å²) in [6.07, 6.45) is 0. The van der Waals surface area contributed by atoms with E-state index in [2.05, 4.69) is 10.2 Å². The van der Waals surface area contributed by atoms with Gasteiger partial charge < -0.3 is 29.3 Å². The van der Waals surface area contributed by atoms with Gasteiger partial charge in [-0.1, -0.05) is 0 Å². The summed E-state index contributed by atoms with van der Waals surface area (Å²) in [6.45, 7) is 0. The van der Waals surface area contributed by atoms with Gasteiger partial charge in [-0.3, -0.25) is 0 Å². The van der Waals surface area contributed by atoms with E-state index in [9.17, 15) is 49.1 Å². The van der Waals surface area contributed by atoms with Crippen LogP contribution in [-0.4, -0.2) is 54.6 Å². The van der Waals surface area contributed by atoms with Crippen molar-refractivity contribution >= 4 is 52.5 Å². The number of aromatic hydroxyl groups is 2. The minimum Gasteiger partial charge on any atom is -0.744 e. The van der Waals surface area contributed by atoms with Gasteiger partial charge in [0.05, 0.1) is 25.8 Å². The molecule has 0 unspecified atom stereocenters. The van der Waals surface area contributed by atoms with Crippen LogP contribution in [-0.2, 0) is 30.4 Å². The summed E-state index contributed by atoms with van der Waals surface area (Å²) in [5.41, 5.74) is -1.12. The molecule has 0 aromatic heterocycles. The largest absolute Gasteiger partial charge is 1.00 e. The Morgan fingerprint density at radius 3 is 1.61 bits per heavy atom. The molecule has 0 bridgehead atoms. The second-order valence-corrected chi connectivity index (χ2v) is 10.2. The number of benzene rings is 3. The van der Waals surface area contributed by atoms with E-state index in [4.69, 9.17) is 0 Å². The minimum absolute atomic E-state index is 0. The van der Waals surface area contributed by atoms with Crippen molar-refractivity contribution in [1.29, 1.82) is 0 Å². The summed E-state index contributed by atoms with van der Waals surface area (Å²) in [5.74, 6) is -1.93. The molecule has 0 saturated heterocycles. The topological polar surface area (TPSA) is 268 Å². The average molecular weight is 588 g/mol. The predicted octanol–water partition coefficient (Wildman–Crippen LogP) is -8.43. The van der Waals surface area contributed by atoms with Crippen LogP contribution in [0.25, 0.3) is 10.8 Å². The molecule has 36 heavy (non-hydrogen) atoms. The zero-order valence-corrected chi connectivity index (χ0v) is 27.2. The molecule has 3 aromatic rings. The van der Waals surface area contributed by atoms with Gasteiger partial charge in [0.25, 0.3) is 0 Å². The van der Waals surface area contributed by atoms with Gasteiger partial charge in [-0.2, -0.15) is 5.11 Å². The van der Waals surface area contributed by atoms with Crippen molar-refractivity contribution in [3.8, 4) is 11.5 Å². The standard InChI is InChI=1S/C16H12N2O11S3.3Na.H2O/c19-11-5-6-12(31(24,25)26)10-7-13(32(27,28)29)15(16(20)14(10)11)18-17-8-1-3-9(4-2-8)30(21,22)23;;;;/h1-7,19-20H,(H,21,22,23)(H,24,25,26)(H,27,28,29);;;;1H2/q;3*+1;/p-3. The Bertz CT molecular complexity index is 1610. The molecule has 20 heteroatoms. The maximum absolute atomic E-state index is 11.7. The molecule has 0 aliphatic carbocycles. The van der Waals surface area contributed by atoms with Crippen LogP contribution in [0.5, 0.6) is 11.5 Å². The van der Waals surface area contributed by atoms with Crippen molar-refractivity contribution in [3.05, 3.63) is 42.5 Å². The monoisotopic (exact) mass is 588 g/mol. The van der Waals surface area contributed by atoms with Gasteiger partial charge in [0.2, 0.25) is 0 Å². The molecule has 3 aromatic carbocycles. The van der Waals surface area contributed by atoms with E-state index in [1.54, 1.807) is 0 Å². The third kappa shape index (κ3) is 8.40. The SMILES string of the molecule is O.O=S(=O)([O-])c1ccc(N=Nc2c(S(=O)(=O)[O-])cc3c(S(=O)(=O)[O-])ccc(O)c3c2O)cc1.[Na+].[Na+].[Na+]. The summed E-state index contributed by atoms with van der Waals surface area (Å²) < 4.78 is 102. The molecular weight excluding hydrogens is 577 g/mol. The third-order valence-corrected chi connectivity index (χ3v) is 6.68. The van der Waals surface area contributed by atoms with Crippen LogP contribution in [0, 0.1) is 0 Å². The number of phenolic OH excluding ortho intramolecular Hbond substituents is 2. The van der Waals surface area contributed by atoms with Crippen molar-refractivity contribution in [1.82, 2.24) is 0 Å². The Balaban J connectivity index is 0. The number of nitrogens with zero attached hydrogens (tertiary/aromatic N) is 2. The van der Waals surface area contributed by atoms with Crippen LogP contribution in [0.1, 0.15) is 0 Å². The zero-order valence-electron chi connectivity index (χ0n) is 18.7. The molecule has 0 aliphatic rings. The van der Waals surface area contributed by atoms with E-state index in [0.717, 1.165) is 30.3 Å². The Kier molecular flexibility index (Phi) is 14.5. The Labute approximate surface area is 271 Å². The van der Waals surface area contributed by atoms with Gasteiger partial charge in [-0.25, -0.2) is 25.3 Å². The minimum atomic E-state index is -5.42. The molecule has 0 fully saturated rings. The van der Waals surface area contributed by atoms with E-state index in [1.807, 2.05) is 0 Å². The molecule has 0 radical (unpaired) electrons. The summed E-state index contributed by atoms with van der Waals surface area (Å²) in [4.78, 5) is -2.85. The number of fused-ring (bicyclic) bond motifs is 1. The summed E-state index contributed by atoms with van der Waals surface area (Å²) >= 11 is 0. The first-order valence-electron chi connectivity index (χ1n) is 8.02. The fourth-order valence-corrected chi connectivity index (χ4v) is 4.48. The molecule has 0 saturated carbocycles. The van der Waals surface area contributed by atoms with Crippen LogP contribution in [0.3, 0.4) is 0 Å². The molecule has 0 heterocycles. The van der Waals surface area contributed by atoms with Gasteiger partial charge in [-0.05, 0) is 42.5 Å². The average Bonchev–Trinajstić information content (AvgIpc) is 2.65. The zero-order chi connectivity index (χ0) is 24.1. The number of rotatable bonds is 5. The van der Waals surface area contributed by atoms with E-state index >= 15 is 0 Å². The molecule has 14 nitrogen and oxygen atoms in total. The third-order valence-electron chi connectivity index (χ3n) is 4.08. The van der Waals surface area contributed by atoms with Crippen molar-refractivity contribution in [2.75, 3.05) is 0 Å². The fourth-order valence-electron chi connectivity index (χ4n) is 2.71. The molecule has 0 atom stereocenters. The molecule has 178 valence electrons. The quantitative estimate of drug-likeness (QED) is 0.160. The number of hydrogen-bond acceptors (Lipinski definition) is 13. The molecule has 3 rings (SSSR count). The van der Waals surface area contributed by atoms with E-state index in [0.29, 0.717) is 12.1 Å². The number of phenols is 2. The molecule has 0 amide bonds. The van der Waals surface area contributed by atoms with Crippen LogP contribution < -0.4 is 88.7 Å². The van der Waals surface area contributed by atoms with Gasteiger partial charge in [-0.15, -0.1) is 5.11 Å². The van der Waals surface area contributed by atoms with Crippen LogP contribution in [0.2, 0.25) is 0 Å². The first-order chi connectivity index (χ1) is 14.6. The Morgan fingerprint density at radius 2 is 1.17 bits per heavy atom. The maximum atomic E-state index is 11.7. The van der Waals surface area contributed by atoms with E-state index < -0.39 is 73.0 Å². The predicted molar refractivity (Wildman–Crippen MR) is 105 cm³/mol. The van der Waals surface area contributed by atoms with Crippen molar-refractivity contribution in [3.63, 3.8) is 0 Å². The second-order valence-electron chi connectivity index (χ2n) is 6.13. The van der Waals surface area contributed by atoms with Gasteiger partial charge in [0, 0.05) is 5.39 Å². The van der Waals surface area contributed by atoms with Gasteiger partial charge in [0.15, 0.2) is 5.75 Å². The van der Waals surface area contributed by atoms with Crippen LogP contribution in [0.4, 0.5) is 11.4 Å². The number of azo groups is 1. The molecule has 0 aliphatic heterocycles. The normalized spacial score (nSPS) is 11.6. The fraction of sp³-hybridized carbons (Fsp3) is 0. The Hall–Kier alpha value is -0.190. The van der Waals surface area contributed by atoms with Gasteiger partial charge in [0.1, 0.15) is 41.8 Å². The van der Waals surface area contributed by atoms with Crippen molar-refractivity contribution in [2.24, 2.45) is 10.2 Å². The molecule has 4 N–H and O–H groups in total. The van der Waals surface area contributed by atoms with Crippen LogP contribution >= 0.6 is 0 Å². The van der Waals surface area contributed by atoms with Gasteiger partial charge >= 0.3 is 88.7 Å². The molecular formula is C16H11N2Na3O12S3. The summed E-state index contributed by atoms with van der Waals surface area (Å²) in [5, 5.41) is 26.0. The number of hydrogen-bond donors (Lipinski definition) is 2. The van der Waals surface area contributed by atoms with Crippen LogP contribution in [0.15, 0.2) is 67.4 Å². The molecule has 0 spiro atoms. The maximum Gasteiger partial charge on any atom is 1.00 e. The first-order valence-corrected chi connectivity index (χ1v) is 12.2. The first kappa shape index (κ1) is 38.0. The van der Waals surface area contributed by atoms with Crippen molar-refractivity contribution in [2.45, 2.75) is 14.7 Å². The smallest absolute Gasteiger partial charge is 0.744 e. The van der Waals surface area contributed by atoms with E-state index in [1.165, 1.54) is 0 Å². The van der Waals surface area contributed by atoms with Crippen molar-refractivity contribution < 1.29 is 143 Å². The van der Waals surface area contributed by atoms with E-state index in [-0.39, 0.29) is 99.8 Å².